The summed E-state index contributed by atoms with van der Waals surface area (Å²) in [5.74, 6) is -0.206. The van der Waals surface area contributed by atoms with Gasteiger partial charge in [0.05, 0.1) is 6.61 Å². The first-order valence-electron chi connectivity index (χ1n) is 5.01. The molecule has 0 atom stereocenters. The van der Waals surface area contributed by atoms with Crippen molar-refractivity contribution < 1.29 is 9.53 Å². The summed E-state index contributed by atoms with van der Waals surface area (Å²) in [5, 5.41) is 3.75. The molecule has 0 radical (unpaired) electrons. The van der Waals surface area contributed by atoms with Gasteiger partial charge in [0, 0.05) is 17.1 Å². The van der Waals surface area contributed by atoms with Crippen molar-refractivity contribution in [1.29, 1.82) is 0 Å². The number of hydrogen-bond acceptors (Lipinski definition) is 5. The van der Waals surface area contributed by atoms with Crippen LogP contribution in [0.4, 0.5) is 0 Å². The minimum atomic E-state index is -0.655. The lowest BCUT2D eigenvalue weighted by molar-refractivity contribution is 0.0524. The summed E-state index contributed by atoms with van der Waals surface area (Å²) in [6.45, 7) is 1.91. The van der Waals surface area contributed by atoms with Crippen LogP contribution in [-0.4, -0.2) is 22.5 Å². The normalized spacial score (nSPS) is 10.2. The fourth-order valence-electron chi connectivity index (χ4n) is 1.30. The predicted octanol–water partition coefficient (Wildman–Crippen LogP) is 1.68. The Hall–Kier alpha value is -1.95. The van der Waals surface area contributed by atoms with Crippen molar-refractivity contribution in [3.8, 4) is 11.4 Å². The van der Waals surface area contributed by atoms with Crippen molar-refractivity contribution in [3.63, 3.8) is 0 Å². The van der Waals surface area contributed by atoms with Crippen LogP contribution >= 0.6 is 11.3 Å². The molecule has 0 bridgehead atoms. The summed E-state index contributed by atoms with van der Waals surface area (Å²) < 4.78 is 4.74. The molecular formula is C11H10N2O3S. The minimum Gasteiger partial charge on any atom is -0.462 e. The number of hydrogen-bond donors (Lipinski definition) is 1. The standard InChI is InChI=1S/C11H10N2O3S/c1-2-16-11(15)8-5-12-9(13-10(8)14)7-3-4-17-6-7/h3-6H,2H2,1H3,(H,12,13,14). The summed E-state index contributed by atoms with van der Waals surface area (Å²) in [4.78, 5) is 29.6. The lowest BCUT2D eigenvalue weighted by Gasteiger charge is -2.01. The zero-order chi connectivity index (χ0) is 12.3. The quantitative estimate of drug-likeness (QED) is 0.841. The number of thiophene rings is 1. The average molecular weight is 250 g/mol. The Morgan fingerprint density at radius 1 is 1.59 bits per heavy atom. The molecule has 88 valence electrons. The summed E-state index contributed by atoms with van der Waals surface area (Å²) in [5.41, 5.74) is 0.257. The molecule has 17 heavy (non-hydrogen) atoms. The lowest BCUT2D eigenvalue weighted by Crippen LogP contribution is -2.20. The molecule has 6 heteroatoms. The first kappa shape index (κ1) is 11.5. The van der Waals surface area contributed by atoms with Crippen LogP contribution in [0.5, 0.6) is 0 Å². The summed E-state index contributed by atoms with van der Waals surface area (Å²) >= 11 is 1.51. The molecule has 5 nitrogen and oxygen atoms in total. The molecular weight excluding hydrogens is 240 g/mol. The van der Waals surface area contributed by atoms with Crippen molar-refractivity contribution in [1.82, 2.24) is 9.97 Å². The van der Waals surface area contributed by atoms with Crippen molar-refractivity contribution >= 4 is 17.3 Å². The number of aromatic amines is 1. The highest BCUT2D eigenvalue weighted by molar-refractivity contribution is 7.08. The molecule has 0 aliphatic carbocycles. The largest absolute Gasteiger partial charge is 0.462 e. The van der Waals surface area contributed by atoms with Gasteiger partial charge in [-0.3, -0.25) is 4.79 Å². The van der Waals surface area contributed by atoms with E-state index in [1.54, 1.807) is 6.92 Å². The monoisotopic (exact) mass is 250 g/mol. The molecule has 2 aromatic rings. The highest BCUT2D eigenvalue weighted by atomic mass is 32.1. The first-order valence-corrected chi connectivity index (χ1v) is 5.95. The van der Waals surface area contributed by atoms with Crippen molar-refractivity contribution in [2.45, 2.75) is 6.92 Å². The van der Waals surface area contributed by atoms with Gasteiger partial charge in [-0.05, 0) is 18.4 Å². The van der Waals surface area contributed by atoms with Gasteiger partial charge in [0.25, 0.3) is 5.56 Å². The number of esters is 1. The van der Waals surface area contributed by atoms with Gasteiger partial charge in [-0.15, -0.1) is 0 Å². The second-order valence-corrected chi connectivity index (χ2v) is 3.99. The maximum atomic E-state index is 11.7. The first-order chi connectivity index (χ1) is 8.22. The molecule has 2 rings (SSSR count). The van der Waals surface area contributed by atoms with E-state index in [4.69, 9.17) is 4.74 Å². The smallest absolute Gasteiger partial charge is 0.345 e. The third kappa shape index (κ3) is 2.42. The molecule has 0 unspecified atom stereocenters. The number of nitrogens with zero attached hydrogens (tertiary/aromatic N) is 1. The molecule has 2 heterocycles. The Kier molecular flexibility index (Phi) is 3.34. The van der Waals surface area contributed by atoms with E-state index in [-0.39, 0.29) is 12.2 Å². The van der Waals surface area contributed by atoms with Crippen LogP contribution in [0.2, 0.25) is 0 Å². The molecule has 0 aliphatic rings. The topological polar surface area (TPSA) is 72.0 Å². The molecule has 0 aliphatic heterocycles. The fraction of sp³-hybridized carbons (Fsp3) is 0.182. The fourth-order valence-corrected chi connectivity index (χ4v) is 1.94. The second kappa shape index (κ2) is 4.92. The van der Waals surface area contributed by atoms with E-state index in [9.17, 15) is 9.59 Å². The maximum absolute atomic E-state index is 11.7. The van der Waals surface area contributed by atoms with E-state index in [1.165, 1.54) is 17.5 Å². The highest BCUT2D eigenvalue weighted by Gasteiger charge is 2.13. The van der Waals surface area contributed by atoms with E-state index in [0.29, 0.717) is 5.82 Å². The predicted molar refractivity (Wildman–Crippen MR) is 64.1 cm³/mol. The van der Waals surface area contributed by atoms with Gasteiger partial charge in [0.1, 0.15) is 11.4 Å². The van der Waals surface area contributed by atoms with Crippen LogP contribution in [0.15, 0.2) is 27.8 Å². The highest BCUT2D eigenvalue weighted by Crippen LogP contribution is 2.16. The molecule has 0 saturated carbocycles. The second-order valence-electron chi connectivity index (χ2n) is 3.21. The molecule has 1 N–H and O–H groups in total. The third-order valence-corrected chi connectivity index (χ3v) is 2.77. The van der Waals surface area contributed by atoms with Crippen LogP contribution in [0.1, 0.15) is 17.3 Å². The molecule has 2 aromatic heterocycles. The lowest BCUT2D eigenvalue weighted by atomic mass is 10.3. The van der Waals surface area contributed by atoms with Crippen molar-refractivity contribution in [3.05, 3.63) is 38.9 Å². The van der Waals surface area contributed by atoms with Gasteiger partial charge < -0.3 is 9.72 Å². The third-order valence-electron chi connectivity index (χ3n) is 2.09. The number of aromatic nitrogens is 2. The Bertz CT molecular complexity index is 575. The van der Waals surface area contributed by atoms with Crippen LogP contribution in [0, 0.1) is 0 Å². The zero-order valence-corrected chi connectivity index (χ0v) is 9.91. The van der Waals surface area contributed by atoms with Crippen LogP contribution in [0.25, 0.3) is 11.4 Å². The Balaban J connectivity index is 2.36. The SMILES string of the molecule is CCOC(=O)c1cnc(-c2ccsc2)[nH]c1=O. The van der Waals surface area contributed by atoms with Crippen molar-refractivity contribution in [2.24, 2.45) is 0 Å². The van der Waals surface area contributed by atoms with Gasteiger partial charge in [0.15, 0.2) is 0 Å². The minimum absolute atomic E-state index is 0.0779. The zero-order valence-electron chi connectivity index (χ0n) is 9.10. The van der Waals surface area contributed by atoms with Gasteiger partial charge in [-0.25, -0.2) is 9.78 Å². The number of carbonyl (C=O) groups excluding carboxylic acids is 1. The Labute approximate surface area is 101 Å². The Morgan fingerprint density at radius 3 is 3.00 bits per heavy atom. The summed E-state index contributed by atoms with van der Waals surface area (Å²) in [7, 11) is 0. The number of rotatable bonds is 3. The number of H-pyrrole nitrogens is 1. The van der Waals surface area contributed by atoms with E-state index in [2.05, 4.69) is 9.97 Å². The summed E-state index contributed by atoms with van der Waals surface area (Å²) in [6, 6.07) is 1.84. The van der Waals surface area contributed by atoms with E-state index < -0.39 is 11.5 Å². The van der Waals surface area contributed by atoms with Crippen LogP contribution in [-0.2, 0) is 4.74 Å². The van der Waals surface area contributed by atoms with Gasteiger partial charge >= 0.3 is 5.97 Å². The van der Waals surface area contributed by atoms with E-state index in [0.717, 1.165) is 5.56 Å². The van der Waals surface area contributed by atoms with Crippen LogP contribution < -0.4 is 5.56 Å². The number of carbonyl (C=O) groups is 1. The van der Waals surface area contributed by atoms with Crippen molar-refractivity contribution in [2.75, 3.05) is 6.61 Å². The van der Waals surface area contributed by atoms with E-state index in [1.807, 2.05) is 16.8 Å². The molecule has 0 saturated heterocycles. The molecule has 0 aromatic carbocycles. The average Bonchev–Trinajstić information content (AvgIpc) is 2.82. The van der Waals surface area contributed by atoms with Crippen LogP contribution in [0.3, 0.4) is 0 Å². The number of nitrogens with one attached hydrogen (secondary N) is 1. The number of ether oxygens (including phenoxy) is 1. The van der Waals surface area contributed by atoms with Gasteiger partial charge in [0.2, 0.25) is 0 Å². The van der Waals surface area contributed by atoms with Gasteiger partial charge in [-0.2, -0.15) is 11.3 Å². The van der Waals surface area contributed by atoms with E-state index >= 15 is 0 Å². The summed E-state index contributed by atoms with van der Waals surface area (Å²) in [6.07, 6.45) is 1.24. The molecule has 0 spiro atoms. The maximum Gasteiger partial charge on any atom is 0.345 e. The Morgan fingerprint density at radius 2 is 2.41 bits per heavy atom. The van der Waals surface area contributed by atoms with Gasteiger partial charge in [-0.1, -0.05) is 0 Å². The molecule has 0 amide bonds. The molecule has 0 fully saturated rings.